The number of halogens is 2. The van der Waals surface area contributed by atoms with Gasteiger partial charge in [0.1, 0.15) is 17.9 Å². The van der Waals surface area contributed by atoms with Crippen molar-refractivity contribution in [3.8, 4) is 0 Å². The number of carbonyl (C=O) groups excluding carboxylic acids is 1. The van der Waals surface area contributed by atoms with Gasteiger partial charge in [-0.1, -0.05) is 22.0 Å². The maximum absolute atomic E-state index is 13.8. The number of aromatic nitrogens is 1. The summed E-state index contributed by atoms with van der Waals surface area (Å²) < 4.78 is 19.5. The van der Waals surface area contributed by atoms with Crippen LogP contribution in [0.25, 0.3) is 0 Å². The maximum Gasteiger partial charge on any atom is 0.338 e. The number of esters is 1. The van der Waals surface area contributed by atoms with Crippen molar-refractivity contribution >= 4 is 45.0 Å². The maximum atomic E-state index is 13.8. The fourth-order valence-electron chi connectivity index (χ4n) is 3.81. The van der Waals surface area contributed by atoms with Gasteiger partial charge in [-0.25, -0.2) is 14.2 Å². The second-order valence-corrected chi connectivity index (χ2v) is 9.15. The summed E-state index contributed by atoms with van der Waals surface area (Å²) in [4.78, 5) is 35.1. The minimum Gasteiger partial charge on any atom is -0.480 e. The fraction of sp³-hybridized carbons (Fsp3) is 0.333. The molecule has 0 saturated carbocycles. The third kappa shape index (κ3) is 4.69. The summed E-state index contributed by atoms with van der Waals surface area (Å²) in [5, 5.41) is 24.8. The van der Waals surface area contributed by atoms with Gasteiger partial charge in [0.25, 0.3) is 0 Å². The Morgan fingerprint density at radius 1 is 1.42 bits per heavy atom. The summed E-state index contributed by atoms with van der Waals surface area (Å²) in [6.45, 7) is 1.96. The van der Waals surface area contributed by atoms with E-state index in [2.05, 4.69) is 26.2 Å². The molecule has 2 aliphatic rings. The number of aliphatic hydroxyl groups is 1. The Morgan fingerprint density at radius 3 is 2.82 bits per heavy atom. The highest BCUT2D eigenvalue weighted by molar-refractivity contribution is 9.10. The van der Waals surface area contributed by atoms with E-state index in [4.69, 9.17) is 9.73 Å². The number of hydrogen-bond donors (Lipinski definition) is 3. The Kier molecular flexibility index (Phi) is 6.88. The molecule has 0 radical (unpaired) electrons. The van der Waals surface area contributed by atoms with Gasteiger partial charge in [0.15, 0.2) is 10.8 Å². The van der Waals surface area contributed by atoms with Crippen LogP contribution >= 0.6 is 27.3 Å². The highest BCUT2D eigenvalue weighted by Gasteiger charge is 2.45. The molecule has 1 aromatic heterocycles. The molecule has 2 aliphatic heterocycles. The average molecular weight is 539 g/mol. The Hall–Kier alpha value is -2.67. The van der Waals surface area contributed by atoms with E-state index < -0.39 is 35.9 Å². The van der Waals surface area contributed by atoms with Crippen LogP contribution in [0.3, 0.4) is 0 Å². The largest absolute Gasteiger partial charge is 0.480 e. The number of carboxylic acid groups (broad SMARTS) is 1. The van der Waals surface area contributed by atoms with Gasteiger partial charge in [-0.15, -0.1) is 11.3 Å². The molecular weight excluding hydrogens is 519 g/mol. The lowest BCUT2D eigenvalue weighted by Crippen LogP contribution is -2.64. The molecule has 1 fully saturated rings. The number of carboxylic acids is 1. The van der Waals surface area contributed by atoms with Crippen molar-refractivity contribution in [3.05, 3.63) is 61.9 Å². The first-order valence-electron chi connectivity index (χ1n) is 10.0. The Morgan fingerprint density at radius 2 is 2.21 bits per heavy atom. The molecule has 2 unspecified atom stereocenters. The van der Waals surface area contributed by atoms with E-state index in [1.807, 2.05) is 0 Å². The highest BCUT2D eigenvalue weighted by atomic mass is 79.9. The molecule has 1 saturated heterocycles. The number of hydrogen-bond acceptors (Lipinski definition) is 9. The molecule has 3 heterocycles. The number of likely N-dealkylation sites (tertiary alicyclic amines) is 1. The van der Waals surface area contributed by atoms with E-state index in [1.165, 1.54) is 34.4 Å². The minimum atomic E-state index is -1.16. The van der Waals surface area contributed by atoms with Crippen LogP contribution in [-0.4, -0.2) is 69.7 Å². The van der Waals surface area contributed by atoms with E-state index in [1.54, 1.807) is 18.5 Å². The summed E-state index contributed by atoms with van der Waals surface area (Å²) in [5.74, 6) is -1.85. The molecule has 3 atom stereocenters. The molecule has 2 aromatic rings. The van der Waals surface area contributed by atoms with Crippen molar-refractivity contribution in [2.24, 2.45) is 4.99 Å². The van der Waals surface area contributed by atoms with Gasteiger partial charge >= 0.3 is 11.9 Å². The second kappa shape index (κ2) is 9.67. The number of aliphatic imine (C=N–C) groups is 1. The fourth-order valence-corrected chi connectivity index (χ4v) is 4.97. The second-order valence-electron chi connectivity index (χ2n) is 7.40. The summed E-state index contributed by atoms with van der Waals surface area (Å²) in [6.07, 6.45) is 0.607. The van der Waals surface area contributed by atoms with Crippen molar-refractivity contribution in [2.75, 3.05) is 19.7 Å². The first-order chi connectivity index (χ1) is 15.8. The topological polar surface area (TPSA) is 124 Å². The van der Waals surface area contributed by atoms with Gasteiger partial charge in [-0.3, -0.25) is 14.7 Å². The van der Waals surface area contributed by atoms with Crippen molar-refractivity contribution in [3.63, 3.8) is 0 Å². The zero-order chi connectivity index (χ0) is 23.7. The van der Waals surface area contributed by atoms with E-state index in [-0.39, 0.29) is 25.3 Å². The van der Waals surface area contributed by atoms with Gasteiger partial charge in [0, 0.05) is 34.8 Å². The summed E-state index contributed by atoms with van der Waals surface area (Å²) in [6, 6.07) is 2.13. The first kappa shape index (κ1) is 23.5. The molecule has 9 nitrogen and oxygen atoms in total. The molecular formula is C21H20BrFN4O5S. The van der Waals surface area contributed by atoms with Crippen molar-refractivity contribution < 1.29 is 28.9 Å². The third-order valence-electron chi connectivity index (χ3n) is 5.31. The summed E-state index contributed by atoms with van der Waals surface area (Å²) in [7, 11) is 0. The molecule has 0 aliphatic carbocycles. The van der Waals surface area contributed by atoms with Crippen LogP contribution in [0, 0.1) is 5.82 Å². The smallest absolute Gasteiger partial charge is 0.338 e. The molecule has 12 heteroatoms. The van der Waals surface area contributed by atoms with Gasteiger partial charge in [0.05, 0.1) is 18.3 Å². The predicted octanol–water partition coefficient (Wildman–Crippen LogP) is 2.08. The quantitative estimate of drug-likeness (QED) is 0.457. The lowest BCUT2D eigenvalue weighted by Gasteiger charge is -2.43. The monoisotopic (exact) mass is 538 g/mol. The number of β-amino-alcohol motifs (C(OH)–C–C–N with tert-alkyl or cyclic N) is 1. The van der Waals surface area contributed by atoms with Gasteiger partial charge in [-0.05, 0) is 24.6 Å². The number of rotatable bonds is 7. The van der Waals surface area contributed by atoms with Crippen LogP contribution in [-0.2, 0) is 14.3 Å². The standard InChI is InChI=1S/C21H20BrFN4O5S/c1-2-32-21(31)15-13(8-27-9-14(28)17(27)20(29)30)25-18(19-24-5-6-33-19)26-16(15)11-4-3-10(23)7-12(11)22/h3-7,14,16-17,28H,2,8-9H2,1H3,(H,25,26)(H,29,30)/t14?,16-,17?/m0/s1. The lowest BCUT2D eigenvalue weighted by atomic mass is 9.93. The SMILES string of the molecule is CCOC(=O)C1=C(CN2CC(O)C2C(=O)O)NC(c2nccs2)=N[C@H]1c1ccc(F)cc1Br. The molecule has 4 rings (SSSR count). The van der Waals surface area contributed by atoms with Crippen LogP contribution in [0.15, 0.2) is 50.5 Å². The average Bonchev–Trinajstić information content (AvgIpc) is 3.27. The van der Waals surface area contributed by atoms with Crippen LogP contribution in [0.4, 0.5) is 4.39 Å². The molecule has 0 spiro atoms. The number of carbonyl (C=O) groups is 2. The number of nitrogens with zero attached hydrogens (tertiary/aromatic N) is 3. The molecule has 33 heavy (non-hydrogen) atoms. The van der Waals surface area contributed by atoms with Crippen molar-refractivity contribution in [1.29, 1.82) is 0 Å². The molecule has 3 N–H and O–H groups in total. The third-order valence-corrected chi connectivity index (χ3v) is 6.77. The zero-order valence-electron chi connectivity index (χ0n) is 17.4. The van der Waals surface area contributed by atoms with Crippen LogP contribution in [0.5, 0.6) is 0 Å². The Bertz CT molecular complexity index is 1140. The van der Waals surface area contributed by atoms with Gasteiger partial charge in [-0.2, -0.15) is 0 Å². The molecule has 174 valence electrons. The highest BCUT2D eigenvalue weighted by Crippen LogP contribution is 2.37. The number of nitrogens with one attached hydrogen (secondary N) is 1. The zero-order valence-corrected chi connectivity index (χ0v) is 19.8. The van der Waals surface area contributed by atoms with Gasteiger partial charge < -0.3 is 20.3 Å². The number of aliphatic carboxylic acids is 1. The van der Waals surface area contributed by atoms with E-state index in [9.17, 15) is 24.2 Å². The van der Waals surface area contributed by atoms with Crippen molar-refractivity contribution in [1.82, 2.24) is 15.2 Å². The number of benzene rings is 1. The van der Waals surface area contributed by atoms with Crippen molar-refractivity contribution in [2.45, 2.75) is 25.1 Å². The van der Waals surface area contributed by atoms with Crippen LogP contribution in [0.2, 0.25) is 0 Å². The summed E-state index contributed by atoms with van der Waals surface area (Å²) >= 11 is 4.70. The lowest BCUT2D eigenvalue weighted by molar-refractivity contribution is -0.159. The van der Waals surface area contributed by atoms with Crippen LogP contribution in [0.1, 0.15) is 23.5 Å². The molecule has 0 amide bonds. The number of thiazole rings is 1. The first-order valence-corrected chi connectivity index (χ1v) is 11.7. The minimum absolute atomic E-state index is 0.0296. The van der Waals surface area contributed by atoms with E-state index in [0.29, 0.717) is 26.6 Å². The molecule has 1 aromatic carbocycles. The number of ether oxygens (including phenoxy) is 1. The normalized spacial score (nSPS) is 22.9. The van der Waals surface area contributed by atoms with Gasteiger partial charge in [0.2, 0.25) is 0 Å². The Balaban J connectivity index is 1.82. The Labute approximate surface area is 200 Å². The number of aliphatic hydroxyl groups excluding tert-OH is 1. The van der Waals surface area contributed by atoms with E-state index >= 15 is 0 Å². The predicted molar refractivity (Wildman–Crippen MR) is 121 cm³/mol. The van der Waals surface area contributed by atoms with E-state index in [0.717, 1.165) is 0 Å². The molecule has 0 bridgehead atoms. The number of amidine groups is 1. The summed E-state index contributed by atoms with van der Waals surface area (Å²) in [5.41, 5.74) is 1.09. The van der Waals surface area contributed by atoms with Crippen LogP contribution < -0.4 is 5.32 Å².